The largest absolute Gasteiger partial charge is 0.445 e. The molecule has 5 heteroatoms. The standard InChI is InChI=1S/C17H26N2O3/c1-5-13(4)15(16(20)18-12(2)3)19-17(21)22-11-14-9-7-6-8-10-14/h6-10,12-13,15H,5,11H2,1-4H3,(H,18,20)(H,19,21)/t13-,15+/m1/s1. The molecular weight excluding hydrogens is 280 g/mol. The topological polar surface area (TPSA) is 67.4 Å². The minimum atomic E-state index is -0.587. The van der Waals surface area contributed by atoms with Gasteiger partial charge in [-0.15, -0.1) is 0 Å². The fraction of sp³-hybridized carbons (Fsp3) is 0.529. The van der Waals surface area contributed by atoms with Gasteiger partial charge in [-0.1, -0.05) is 50.6 Å². The van der Waals surface area contributed by atoms with Crippen LogP contribution in [-0.4, -0.2) is 24.1 Å². The van der Waals surface area contributed by atoms with Gasteiger partial charge in [0, 0.05) is 6.04 Å². The summed E-state index contributed by atoms with van der Waals surface area (Å²) in [6.45, 7) is 7.88. The predicted molar refractivity (Wildman–Crippen MR) is 86.3 cm³/mol. The molecule has 0 unspecified atom stereocenters. The molecule has 0 heterocycles. The van der Waals surface area contributed by atoms with E-state index in [4.69, 9.17) is 4.74 Å². The molecule has 0 aliphatic heterocycles. The van der Waals surface area contributed by atoms with Gasteiger partial charge in [0.1, 0.15) is 12.6 Å². The van der Waals surface area contributed by atoms with E-state index in [1.54, 1.807) is 0 Å². The van der Waals surface area contributed by atoms with Crippen molar-refractivity contribution in [1.82, 2.24) is 10.6 Å². The van der Waals surface area contributed by atoms with Crippen molar-refractivity contribution >= 4 is 12.0 Å². The van der Waals surface area contributed by atoms with Crippen molar-refractivity contribution in [3.8, 4) is 0 Å². The van der Waals surface area contributed by atoms with E-state index in [-0.39, 0.29) is 24.5 Å². The highest BCUT2D eigenvalue weighted by atomic mass is 16.5. The molecule has 122 valence electrons. The summed E-state index contributed by atoms with van der Waals surface area (Å²) in [5.41, 5.74) is 0.907. The van der Waals surface area contributed by atoms with Gasteiger partial charge in [-0.05, 0) is 25.3 Å². The molecule has 1 aromatic carbocycles. The second kappa shape index (κ2) is 9.07. The Morgan fingerprint density at radius 2 is 1.73 bits per heavy atom. The van der Waals surface area contributed by atoms with Crippen LogP contribution in [0, 0.1) is 5.92 Å². The molecule has 2 N–H and O–H groups in total. The Morgan fingerprint density at radius 1 is 1.09 bits per heavy atom. The summed E-state index contributed by atoms with van der Waals surface area (Å²) in [6, 6.07) is 8.87. The Balaban J connectivity index is 2.57. The van der Waals surface area contributed by atoms with Crippen molar-refractivity contribution in [3.63, 3.8) is 0 Å². The Bertz CT molecular complexity index is 474. The lowest BCUT2D eigenvalue weighted by atomic mass is 9.98. The number of rotatable bonds is 7. The molecular formula is C17H26N2O3. The smallest absolute Gasteiger partial charge is 0.408 e. The summed E-state index contributed by atoms with van der Waals surface area (Å²) in [4.78, 5) is 24.1. The van der Waals surface area contributed by atoms with Gasteiger partial charge in [0.2, 0.25) is 5.91 Å². The molecule has 0 saturated carbocycles. The number of carbonyl (C=O) groups excluding carboxylic acids is 2. The highest BCUT2D eigenvalue weighted by molar-refractivity contribution is 5.86. The van der Waals surface area contributed by atoms with Gasteiger partial charge in [-0.3, -0.25) is 4.79 Å². The summed E-state index contributed by atoms with van der Waals surface area (Å²) in [6.07, 6.45) is 0.211. The van der Waals surface area contributed by atoms with Crippen LogP contribution in [0.25, 0.3) is 0 Å². The first kappa shape index (κ1) is 18.0. The molecule has 2 amide bonds. The van der Waals surface area contributed by atoms with Gasteiger partial charge in [0.15, 0.2) is 0 Å². The number of ether oxygens (including phenoxy) is 1. The first-order valence-corrected chi connectivity index (χ1v) is 7.71. The summed E-state index contributed by atoms with van der Waals surface area (Å²) in [5.74, 6) is -0.149. The molecule has 1 rings (SSSR count). The van der Waals surface area contributed by atoms with E-state index in [1.165, 1.54) is 0 Å². The lowest BCUT2D eigenvalue weighted by Crippen LogP contribution is -2.51. The van der Waals surface area contributed by atoms with Crippen LogP contribution in [-0.2, 0) is 16.1 Å². The van der Waals surface area contributed by atoms with E-state index in [9.17, 15) is 9.59 Å². The summed E-state index contributed by atoms with van der Waals surface area (Å²) in [5, 5.41) is 5.50. The van der Waals surface area contributed by atoms with E-state index < -0.39 is 12.1 Å². The Kier molecular flexibility index (Phi) is 7.43. The van der Waals surface area contributed by atoms with Crippen molar-refractivity contribution in [3.05, 3.63) is 35.9 Å². The minimum absolute atomic E-state index is 0.0289. The lowest BCUT2D eigenvalue weighted by molar-refractivity contribution is -0.124. The van der Waals surface area contributed by atoms with Gasteiger partial charge in [0.25, 0.3) is 0 Å². The monoisotopic (exact) mass is 306 g/mol. The predicted octanol–water partition coefficient (Wildman–Crippen LogP) is 2.85. The van der Waals surface area contributed by atoms with Gasteiger partial charge in [0.05, 0.1) is 0 Å². The number of hydrogen-bond donors (Lipinski definition) is 2. The van der Waals surface area contributed by atoms with E-state index in [1.807, 2.05) is 58.0 Å². The zero-order valence-electron chi connectivity index (χ0n) is 13.8. The van der Waals surface area contributed by atoms with Crippen molar-refractivity contribution in [1.29, 1.82) is 0 Å². The number of hydrogen-bond acceptors (Lipinski definition) is 3. The average molecular weight is 306 g/mol. The minimum Gasteiger partial charge on any atom is -0.445 e. The Labute approximate surface area is 132 Å². The van der Waals surface area contributed by atoms with Crippen molar-refractivity contribution in [2.75, 3.05) is 0 Å². The molecule has 0 saturated heterocycles. The third kappa shape index (κ3) is 6.16. The van der Waals surface area contributed by atoms with Gasteiger partial charge in [-0.25, -0.2) is 4.79 Å². The van der Waals surface area contributed by atoms with E-state index in [0.29, 0.717) is 0 Å². The van der Waals surface area contributed by atoms with Crippen LogP contribution in [0.15, 0.2) is 30.3 Å². The first-order chi connectivity index (χ1) is 10.4. The molecule has 5 nitrogen and oxygen atoms in total. The van der Waals surface area contributed by atoms with Crippen molar-refractivity contribution in [2.24, 2.45) is 5.92 Å². The van der Waals surface area contributed by atoms with Crippen LogP contribution in [0.4, 0.5) is 4.79 Å². The van der Waals surface area contributed by atoms with Crippen molar-refractivity contribution in [2.45, 2.75) is 52.8 Å². The fourth-order valence-electron chi connectivity index (χ4n) is 1.97. The van der Waals surface area contributed by atoms with Crippen LogP contribution in [0.1, 0.15) is 39.7 Å². The molecule has 0 spiro atoms. The van der Waals surface area contributed by atoms with Crippen LogP contribution in [0.3, 0.4) is 0 Å². The summed E-state index contributed by atoms with van der Waals surface area (Å²) >= 11 is 0. The first-order valence-electron chi connectivity index (χ1n) is 7.71. The van der Waals surface area contributed by atoms with E-state index in [0.717, 1.165) is 12.0 Å². The summed E-state index contributed by atoms with van der Waals surface area (Å²) < 4.78 is 5.18. The quantitative estimate of drug-likeness (QED) is 0.814. The maximum absolute atomic E-state index is 12.2. The molecule has 0 fully saturated rings. The van der Waals surface area contributed by atoms with Crippen molar-refractivity contribution < 1.29 is 14.3 Å². The number of carbonyl (C=O) groups is 2. The number of nitrogens with one attached hydrogen (secondary N) is 2. The maximum atomic E-state index is 12.2. The molecule has 1 aromatic rings. The van der Waals surface area contributed by atoms with Gasteiger partial charge in [-0.2, -0.15) is 0 Å². The highest BCUT2D eigenvalue weighted by Crippen LogP contribution is 2.09. The second-order valence-corrected chi connectivity index (χ2v) is 5.73. The van der Waals surface area contributed by atoms with E-state index in [2.05, 4.69) is 10.6 Å². The Morgan fingerprint density at radius 3 is 2.27 bits per heavy atom. The second-order valence-electron chi connectivity index (χ2n) is 5.73. The zero-order chi connectivity index (χ0) is 16.5. The van der Waals surface area contributed by atoms with Gasteiger partial charge >= 0.3 is 6.09 Å². The molecule has 0 aliphatic rings. The van der Waals surface area contributed by atoms with E-state index >= 15 is 0 Å². The number of benzene rings is 1. The van der Waals surface area contributed by atoms with Crippen LogP contribution >= 0.6 is 0 Å². The molecule has 0 aliphatic carbocycles. The molecule has 0 radical (unpaired) electrons. The van der Waals surface area contributed by atoms with Crippen LogP contribution in [0.5, 0.6) is 0 Å². The fourth-order valence-corrected chi connectivity index (χ4v) is 1.97. The maximum Gasteiger partial charge on any atom is 0.408 e. The SMILES string of the molecule is CC[C@@H](C)[C@H](NC(=O)OCc1ccccc1)C(=O)NC(C)C. The molecule has 0 aromatic heterocycles. The third-order valence-corrected chi connectivity index (χ3v) is 3.41. The van der Waals surface area contributed by atoms with Crippen LogP contribution < -0.4 is 10.6 Å². The Hall–Kier alpha value is -2.04. The third-order valence-electron chi connectivity index (χ3n) is 3.41. The van der Waals surface area contributed by atoms with Gasteiger partial charge < -0.3 is 15.4 Å². The molecule has 2 atom stereocenters. The number of amides is 2. The highest BCUT2D eigenvalue weighted by Gasteiger charge is 2.26. The molecule has 0 bridgehead atoms. The normalized spacial score (nSPS) is 13.3. The zero-order valence-corrected chi connectivity index (χ0v) is 13.8. The lowest BCUT2D eigenvalue weighted by Gasteiger charge is -2.24. The number of alkyl carbamates (subject to hydrolysis) is 1. The summed E-state index contributed by atoms with van der Waals surface area (Å²) in [7, 11) is 0. The average Bonchev–Trinajstić information content (AvgIpc) is 2.50. The van der Waals surface area contributed by atoms with Crippen LogP contribution in [0.2, 0.25) is 0 Å². The molecule has 22 heavy (non-hydrogen) atoms.